The number of aromatic nitrogens is 1. The molecule has 1 aliphatic carbocycles. The van der Waals surface area contributed by atoms with Crippen LogP contribution in [0.1, 0.15) is 37.7 Å². The molecule has 1 saturated carbocycles. The van der Waals surface area contributed by atoms with E-state index in [0.717, 1.165) is 36.4 Å². The molecule has 5 nitrogen and oxygen atoms in total. The Morgan fingerprint density at radius 3 is 2.60 bits per heavy atom. The van der Waals surface area contributed by atoms with Gasteiger partial charge in [0.15, 0.2) is 16.6 Å². The average molecular weight is 360 g/mol. The molecule has 6 heteroatoms. The molecule has 0 radical (unpaired) electrons. The van der Waals surface area contributed by atoms with Gasteiger partial charge in [-0.1, -0.05) is 25.3 Å². The second-order valence-electron chi connectivity index (χ2n) is 6.26. The molecule has 1 amide bonds. The number of nitrogens with zero attached hydrogens (tertiary/aromatic N) is 2. The largest absolute Gasteiger partial charge is 0.493 e. The van der Waals surface area contributed by atoms with Crippen molar-refractivity contribution >= 4 is 22.4 Å². The van der Waals surface area contributed by atoms with Crippen molar-refractivity contribution in [1.29, 1.82) is 0 Å². The molecule has 0 spiro atoms. The zero-order valence-corrected chi connectivity index (χ0v) is 15.6. The van der Waals surface area contributed by atoms with Gasteiger partial charge in [-0.15, -0.1) is 11.3 Å². The number of rotatable bonds is 6. The van der Waals surface area contributed by atoms with Crippen LogP contribution in [-0.4, -0.2) is 25.1 Å². The number of hydrogen-bond donors (Lipinski definition) is 0. The average Bonchev–Trinajstić information content (AvgIpc) is 3.20. The van der Waals surface area contributed by atoms with Crippen molar-refractivity contribution in [2.75, 3.05) is 19.1 Å². The Hall–Kier alpha value is -2.08. The van der Waals surface area contributed by atoms with Crippen molar-refractivity contribution < 1.29 is 14.3 Å². The number of ether oxygens (including phenoxy) is 2. The fourth-order valence-corrected chi connectivity index (χ4v) is 3.97. The quantitative estimate of drug-likeness (QED) is 0.772. The highest BCUT2D eigenvalue weighted by atomic mass is 32.1. The summed E-state index contributed by atoms with van der Waals surface area (Å²) in [5.74, 6) is 1.65. The molecule has 25 heavy (non-hydrogen) atoms. The number of methoxy groups -OCH3 is 2. The number of carbonyl (C=O) groups is 1. The van der Waals surface area contributed by atoms with E-state index in [4.69, 9.17) is 9.47 Å². The number of thiazole rings is 1. The smallest absolute Gasteiger partial charge is 0.232 e. The summed E-state index contributed by atoms with van der Waals surface area (Å²) in [5, 5.41) is 2.66. The zero-order valence-electron chi connectivity index (χ0n) is 14.7. The molecule has 1 aromatic carbocycles. The molecule has 1 fully saturated rings. The molecular weight excluding hydrogens is 336 g/mol. The topological polar surface area (TPSA) is 51.7 Å². The normalized spacial score (nSPS) is 15.0. The Morgan fingerprint density at radius 1 is 1.20 bits per heavy atom. The van der Waals surface area contributed by atoms with E-state index in [1.165, 1.54) is 17.8 Å². The maximum Gasteiger partial charge on any atom is 0.232 e. The second kappa shape index (κ2) is 8.34. The summed E-state index contributed by atoms with van der Waals surface area (Å²) >= 11 is 1.50. The Labute approximate surface area is 152 Å². The molecular formula is C19H24N2O3S. The van der Waals surface area contributed by atoms with Gasteiger partial charge >= 0.3 is 0 Å². The third kappa shape index (κ3) is 4.12. The minimum absolute atomic E-state index is 0.109. The first-order chi connectivity index (χ1) is 12.2. The third-order valence-corrected chi connectivity index (χ3v) is 5.45. The monoisotopic (exact) mass is 360 g/mol. The lowest BCUT2D eigenvalue weighted by atomic mass is 9.88. The highest BCUT2D eigenvalue weighted by molar-refractivity contribution is 7.13. The van der Waals surface area contributed by atoms with E-state index >= 15 is 0 Å². The summed E-state index contributed by atoms with van der Waals surface area (Å²) in [6.45, 7) is 0.489. The van der Waals surface area contributed by atoms with Gasteiger partial charge in [-0.2, -0.15) is 0 Å². The number of anilines is 1. The van der Waals surface area contributed by atoms with Crippen molar-refractivity contribution in [3.8, 4) is 11.5 Å². The SMILES string of the molecule is COc1ccc(CN(C(=O)C2CCCCC2)c2nccs2)cc1OC. The predicted molar refractivity (Wildman–Crippen MR) is 99.4 cm³/mol. The number of carbonyl (C=O) groups excluding carboxylic acids is 1. The van der Waals surface area contributed by atoms with Gasteiger partial charge in [0.05, 0.1) is 20.8 Å². The van der Waals surface area contributed by atoms with E-state index in [1.54, 1.807) is 20.4 Å². The van der Waals surface area contributed by atoms with Crippen LogP contribution in [-0.2, 0) is 11.3 Å². The minimum atomic E-state index is 0.109. The van der Waals surface area contributed by atoms with Gasteiger partial charge in [-0.05, 0) is 30.5 Å². The highest BCUT2D eigenvalue weighted by Crippen LogP contribution is 2.32. The van der Waals surface area contributed by atoms with E-state index in [1.807, 2.05) is 28.5 Å². The van der Waals surface area contributed by atoms with Crippen LogP contribution in [0, 0.1) is 5.92 Å². The van der Waals surface area contributed by atoms with Crippen molar-refractivity contribution in [2.24, 2.45) is 5.92 Å². The predicted octanol–water partition coefficient (Wildman–Crippen LogP) is 4.27. The van der Waals surface area contributed by atoms with Crippen molar-refractivity contribution in [1.82, 2.24) is 4.98 Å². The van der Waals surface area contributed by atoms with Crippen LogP contribution in [0.4, 0.5) is 5.13 Å². The van der Waals surface area contributed by atoms with Crippen LogP contribution in [0.25, 0.3) is 0 Å². The van der Waals surface area contributed by atoms with Crippen LogP contribution in [0.5, 0.6) is 11.5 Å². The van der Waals surface area contributed by atoms with E-state index in [2.05, 4.69) is 4.98 Å². The van der Waals surface area contributed by atoms with Crippen LogP contribution in [0.15, 0.2) is 29.8 Å². The van der Waals surface area contributed by atoms with E-state index in [0.29, 0.717) is 18.0 Å². The van der Waals surface area contributed by atoms with Crippen molar-refractivity contribution in [3.05, 3.63) is 35.3 Å². The fourth-order valence-electron chi connectivity index (χ4n) is 3.32. The molecule has 0 unspecified atom stereocenters. The number of hydrogen-bond acceptors (Lipinski definition) is 5. The molecule has 0 bridgehead atoms. The van der Waals surface area contributed by atoms with Crippen LogP contribution >= 0.6 is 11.3 Å². The lowest BCUT2D eigenvalue weighted by molar-refractivity contribution is -0.123. The number of amides is 1. The molecule has 0 saturated heterocycles. The molecule has 134 valence electrons. The lowest BCUT2D eigenvalue weighted by Gasteiger charge is -2.28. The van der Waals surface area contributed by atoms with Gasteiger partial charge in [0.2, 0.25) is 5.91 Å². The molecule has 1 aliphatic rings. The summed E-state index contributed by atoms with van der Waals surface area (Å²) in [6.07, 6.45) is 7.21. The molecule has 1 aromatic heterocycles. The fraction of sp³-hybridized carbons (Fsp3) is 0.474. The summed E-state index contributed by atoms with van der Waals surface area (Å²) < 4.78 is 10.7. The Bertz CT molecular complexity index is 697. The molecule has 0 aliphatic heterocycles. The van der Waals surface area contributed by atoms with Crippen LogP contribution < -0.4 is 14.4 Å². The molecule has 0 N–H and O–H groups in total. The number of benzene rings is 1. The first-order valence-electron chi connectivity index (χ1n) is 8.64. The van der Waals surface area contributed by atoms with Crippen LogP contribution in [0.3, 0.4) is 0 Å². The van der Waals surface area contributed by atoms with Crippen molar-refractivity contribution in [3.63, 3.8) is 0 Å². The highest BCUT2D eigenvalue weighted by Gasteiger charge is 2.28. The van der Waals surface area contributed by atoms with Crippen LogP contribution in [0.2, 0.25) is 0 Å². The summed E-state index contributed by atoms with van der Waals surface area (Å²) in [6, 6.07) is 5.77. The first kappa shape index (κ1) is 17.7. The second-order valence-corrected chi connectivity index (χ2v) is 7.14. The van der Waals surface area contributed by atoms with E-state index < -0.39 is 0 Å². The van der Waals surface area contributed by atoms with E-state index in [9.17, 15) is 4.79 Å². The minimum Gasteiger partial charge on any atom is -0.493 e. The molecule has 2 aromatic rings. The standard InChI is InChI=1S/C19H24N2O3S/c1-23-16-9-8-14(12-17(16)24-2)13-21(19-20-10-11-25-19)18(22)15-6-4-3-5-7-15/h8-12,15H,3-7,13H2,1-2H3. The first-order valence-corrected chi connectivity index (χ1v) is 9.52. The third-order valence-electron chi connectivity index (χ3n) is 4.66. The Morgan fingerprint density at radius 2 is 1.96 bits per heavy atom. The maximum absolute atomic E-state index is 13.1. The lowest BCUT2D eigenvalue weighted by Crippen LogP contribution is -2.36. The maximum atomic E-state index is 13.1. The summed E-state index contributed by atoms with van der Waals surface area (Å²) in [7, 11) is 3.24. The summed E-state index contributed by atoms with van der Waals surface area (Å²) in [5.41, 5.74) is 0.997. The molecule has 1 heterocycles. The zero-order chi connectivity index (χ0) is 17.6. The summed E-state index contributed by atoms with van der Waals surface area (Å²) in [4.78, 5) is 19.3. The van der Waals surface area contributed by atoms with Gasteiger partial charge in [-0.25, -0.2) is 4.98 Å². The van der Waals surface area contributed by atoms with Gasteiger partial charge < -0.3 is 9.47 Å². The van der Waals surface area contributed by atoms with E-state index in [-0.39, 0.29) is 11.8 Å². The van der Waals surface area contributed by atoms with Crippen molar-refractivity contribution in [2.45, 2.75) is 38.6 Å². The van der Waals surface area contributed by atoms with Gasteiger partial charge in [-0.3, -0.25) is 9.69 Å². The molecule has 0 atom stereocenters. The molecule has 3 rings (SSSR count). The Balaban J connectivity index is 1.84. The van der Waals surface area contributed by atoms with Gasteiger partial charge in [0, 0.05) is 17.5 Å². The Kier molecular flexibility index (Phi) is 5.91. The van der Waals surface area contributed by atoms with Gasteiger partial charge in [0.1, 0.15) is 0 Å². The van der Waals surface area contributed by atoms with Gasteiger partial charge in [0.25, 0.3) is 0 Å².